The van der Waals surface area contributed by atoms with Crippen molar-refractivity contribution in [1.82, 2.24) is 0 Å². The van der Waals surface area contributed by atoms with Gasteiger partial charge in [0.25, 0.3) is 0 Å². The summed E-state index contributed by atoms with van der Waals surface area (Å²) < 4.78 is 26.8. The molecule has 0 saturated carbocycles. The lowest BCUT2D eigenvalue weighted by Gasteiger charge is -2.08. The van der Waals surface area contributed by atoms with Crippen LogP contribution in [-0.4, -0.2) is 15.0 Å². The van der Waals surface area contributed by atoms with Gasteiger partial charge in [-0.2, -0.15) is 0 Å². The first kappa shape index (κ1) is 12.0. The molecule has 3 nitrogen and oxygen atoms in total. The van der Waals surface area contributed by atoms with Crippen LogP contribution in [0.1, 0.15) is 25.3 Å². The van der Waals surface area contributed by atoms with Gasteiger partial charge in [0.2, 0.25) is 0 Å². The zero-order chi connectivity index (χ0) is 11.1. The lowest BCUT2D eigenvalue weighted by atomic mass is 10.2. The van der Waals surface area contributed by atoms with Crippen LogP contribution >= 0.6 is 0 Å². The molecule has 0 amide bonds. The Balaban J connectivity index is 2.68. The van der Waals surface area contributed by atoms with E-state index in [4.69, 9.17) is 4.74 Å². The van der Waals surface area contributed by atoms with E-state index in [9.17, 15) is 8.42 Å². The average Bonchev–Trinajstić information content (AvgIpc) is 2.20. The Morgan fingerprint density at radius 1 is 1.27 bits per heavy atom. The van der Waals surface area contributed by atoms with E-state index in [-0.39, 0.29) is 5.75 Å². The summed E-state index contributed by atoms with van der Waals surface area (Å²) in [6.45, 7) is 2.73. The van der Waals surface area contributed by atoms with Crippen molar-refractivity contribution in [2.45, 2.75) is 25.5 Å². The van der Waals surface area contributed by atoms with Crippen LogP contribution in [0.2, 0.25) is 0 Å². The maximum Gasteiger partial charge on any atom is 0.144 e. The van der Waals surface area contributed by atoms with Crippen molar-refractivity contribution in [2.24, 2.45) is 0 Å². The van der Waals surface area contributed by atoms with Crippen LogP contribution < -0.4 is 4.74 Å². The van der Waals surface area contributed by atoms with Gasteiger partial charge in [0.1, 0.15) is 16.5 Å². The topological polar surface area (TPSA) is 43.4 Å². The number of benzene rings is 1. The SMILES string of the molecule is CCCCOc1ccccc1C[SH](=O)=O. The summed E-state index contributed by atoms with van der Waals surface area (Å²) in [5.74, 6) is 0.739. The number of thiol groups is 1. The molecule has 0 saturated heterocycles. The number of unbranched alkanes of at least 4 members (excludes halogenated alkanes) is 1. The van der Waals surface area contributed by atoms with Gasteiger partial charge >= 0.3 is 0 Å². The molecule has 0 atom stereocenters. The molecule has 0 fully saturated rings. The molecule has 1 rings (SSSR count). The summed E-state index contributed by atoms with van der Waals surface area (Å²) in [5, 5.41) is 0. The molecular weight excluding hydrogens is 212 g/mol. The Morgan fingerprint density at radius 2 is 2.00 bits per heavy atom. The van der Waals surface area contributed by atoms with Crippen molar-refractivity contribution >= 4 is 10.7 Å². The fourth-order valence-electron chi connectivity index (χ4n) is 1.24. The van der Waals surface area contributed by atoms with Gasteiger partial charge in [-0.3, -0.25) is 0 Å². The van der Waals surface area contributed by atoms with Crippen molar-refractivity contribution in [2.75, 3.05) is 6.61 Å². The lowest BCUT2D eigenvalue weighted by molar-refractivity contribution is 0.307. The van der Waals surface area contributed by atoms with Gasteiger partial charge in [0.05, 0.1) is 12.4 Å². The molecular formula is C11H16O3S. The maximum atomic E-state index is 10.6. The molecule has 0 heterocycles. The second-order valence-corrected chi connectivity index (χ2v) is 4.28. The molecule has 1 aromatic carbocycles. The maximum absolute atomic E-state index is 10.6. The highest BCUT2D eigenvalue weighted by atomic mass is 32.2. The average molecular weight is 228 g/mol. The smallest absolute Gasteiger partial charge is 0.144 e. The van der Waals surface area contributed by atoms with Gasteiger partial charge in [-0.25, -0.2) is 8.42 Å². The fraction of sp³-hybridized carbons (Fsp3) is 0.455. The molecule has 0 aliphatic carbocycles. The quantitative estimate of drug-likeness (QED) is 0.598. The molecule has 0 aliphatic rings. The standard InChI is InChI=1S/C11H16O3S/c1-2-3-8-14-11-7-5-4-6-10(11)9-15(12)13/h4-7,15H,2-3,8-9H2,1H3. The molecule has 0 N–H and O–H groups in total. The largest absolute Gasteiger partial charge is 0.493 e. The first-order chi connectivity index (χ1) is 7.24. The summed E-state index contributed by atoms with van der Waals surface area (Å²) in [6.07, 6.45) is 2.05. The number of ether oxygens (including phenoxy) is 1. The molecule has 0 spiro atoms. The minimum absolute atomic E-state index is 0.0532. The summed E-state index contributed by atoms with van der Waals surface area (Å²) >= 11 is 0. The Bertz CT molecular complexity index is 364. The zero-order valence-electron chi connectivity index (χ0n) is 8.81. The van der Waals surface area contributed by atoms with E-state index in [0.29, 0.717) is 12.4 Å². The highest BCUT2D eigenvalue weighted by molar-refractivity contribution is 7.71. The van der Waals surface area contributed by atoms with Gasteiger partial charge in [0, 0.05) is 5.56 Å². The Hall–Kier alpha value is -1.03. The molecule has 0 unspecified atom stereocenters. The predicted molar refractivity (Wildman–Crippen MR) is 60.9 cm³/mol. The molecule has 0 aliphatic heterocycles. The van der Waals surface area contributed by atoms with Crippen molar-refractivity contribution in [3.8, 4) is 5.75 Å². The van der Waals surface area contributed by atoms with Crippen molar-refractivity contribution < 1.29 is 13.2 Å². The van der Waals surface area contributed by atoms with Gasteiger partial charge < -0.3 is 4.74 Å². The third-order valence-corrected chi connectivity index (χ3v) is 2.63. The summed E-state index contributed by atoms with van der Waals surface area (Å²) in [6, 6.07) is 7.26. The van der Waals surface area contributed by atoms with Crippen LogP contribution in [-0.2, 0) is 16.5 Å². The van der Waals surface area contributed by atoms with E-state index in [2.05, 4.69) is 6.92 Å². The molecule has 15 heavy (non-hydrogen) atoms. The number of para-hydroxylation sites is 1. The Kier molecular flexibility index (Phi) is 5.18. The summed E-state index contributed by atoms with van der Waals surface area (Å²) in [4.78, 5) is 0. The monoisotopic (exact) mass is 228 g/mol. The van der Waals surface area contributed by atoms with Gasteiger partial charge in [-0.15, -0.1) is 0 Å². The van der Waals surface area contributed by atoms with Crippen LogP contribution in [0.4, 0.5) is 0 Å². The molecule has 4 heteroatoms. The van der Waals surface area contributed by atoms with Crippen LogP contribution in [0.5, 0.6) is 5.75 Å². The molecule has 1 aromatic rings. The molecule has 84 valence electrons. The fourth-order valence-corrected chi connectivity index (χ4v) is 1.78. The summed E-state index contributed by atoms with van der Waals surface area (Å²) in [5.41, 5.74) is 0.740. The van der Waals surface area contributed by atoms with E-state index in [1.54, 1.807) is 6.07 Å². The van der Waals surface area contributed by atoms with E-state index < -0.39 is 10.7 Å². The first-order valence-corrected chi connectivity index (χ1v) is 6.42. The van der Waals surface area contributed by atoms with Crippen molar-refractivity contribution in [1.29, 1.82) is 0 Å². The van der Waals surface area contributed by atoms with E-state index in [0.717, 1.165) is 18.4 Å². The Morgan fingerprint density at radius 3 is 2.67 bits per heavy atom. The van der Waals surface area contributed by atoms with Gasteiger partial charge in [0.15, 0.2) is 0 Å². The van der Waals surface area contributed by atoms with Crippen LogP contribution in [0.15, 0.2) is 24.3 Å². The number of hydrogen-bond acceptors (Lipinski definition) is 3. The minimum Gasteiger partial charge on any atom is -0.493 e. The van der Waals surface area contributed by atoms with Crippen molar-refractivity contribution in [3.05, 3.63) is 29.8 Å². The van der Waals surface area contributed by atoms with Crippen LogP contribution in [0.25, 0.3) is 0 Å². The van der Waals surface area contributed by atoms with E-state index in [1.165, 1.54) is 0 Å². The molecule has 0 bridgehead atoms. The highest BCUT2D eigenvalue weighted by Gasteiger charge is 2.03. The van der Waals surface area contributed by atoms with E-state index >= 15 is 0 Å². The van der Waals surface area contributed by atoms with Gasteiger partial charge in [-0.1, -0.05) is 31.5 Å². The second-order valence-electron chi connectivity index (χ2n) is 3.30. The molecule has 0 aromatic heterocycles. The van der Waals surface area contributed by atoms with Crippen LogP contribution in [0, 0.1) is 0 Å². The normalized spacial score (nSPS) is 10.5. The number of rotatable bonds is 6. The lowest BCUT2D eigenvalue weighted by Crippen LogP contribution is -2.00. The minimum atomic E-state index is -2.39. The third-order valence-electron chi connectivity index (χ3n) is 2.03. The Labute approximate surface area is 92.0 Å². The van der Waals surface area contributed by atoms with Crippen LogP contribution in [0.3, 0.4) is 0 Å². The first-order valence-electron chi connectivity index (χ1n) is 5.06. The molecule has 0 radical (unpaired) electrons. The summed E-state index contributed by atoms with van der Waals surface area (Å²) in [7, 11) is -2.39. The van der Waals surface area contributed by atoms with Gasteiger partial charge in [-0.05, 0) is 12.5 Å². The zero-order valence-corrected chi connectivity index (χ0v) is 9.70. The predicted octanol–water partition coefficient (Wildman–Crippen LogP) is 1.98. The van der Waals surface area contributed by atoms with E-state index in [1.807, 2.05) is 18.2 Å². The van der Waals surface area contributed by atoms with Crippen molar-refractivity contribution in [3.63, 3.8) is 0 Å². The second kappa shape index (κ2) is 6.45. The number of hydrogen-bond donors (Lipinski definition) is 1. The highest BCUT2D eigenvalue weighted by Crippen LogP contribution is 2.18. The third kappa shape index (κ3) is 4.34.